The lowest BCUT2D eigenvalue weighted by Gasteiger charge is -2.27. The zero-order chi connectivity index (χ0) is 16.2. The van der Waals surface area contributed by atoms with Crippen LogP contribution >= 0.6 is 0 Å². The van der Waals surface area contributed by atoms with Gasteiger partial charge < -0.3 is 15.3 Å². The molecule has 0 atom stereocenters. The molecule has 0 radical (unpaired) electrons. The lowest BCUT2D eigenvalue weighted by Crippen LogP contribution is -2.31. The summed E-state index contributed by atoms with van der Waals surface area (Å²) in [5, 5.41) is 12.4. The maximum atomic E-state index is 11.3. The molecule has 120 valence electrons. The lowest BCUT2D eigenvalue weighted by molar-refractivity contribution is 0.0698. The number of aryl methyl sites for hydroxylation is 1. The van der Waals surface area contributed by atoms with Crippen molar-refractivity contribution in [3.05, 3.63) is 41.6 Å². The second-order valence-electron chi connectivity index (χ2n) is 5.72. The molecule has 2 aromatic rings. The molecule has 0 amide bonds. The van der Waals surface area contributed by atoms with Gasteiger partial charge in [-0.05, 0) is 38.3 Å². The zero-order valence-corrected chi connectivity index (χ0v) is 13.1. The number of piperidine rings is 1. The van der Waals surface area contributed by atoms with E-state index < -0.39 is 5.97 Å². The van der Waals surface area contributed by atoms with Crippen molar-refractivity contribution in [3.63, 3.8) is 0 Å². The van der Waals surface area contributed by atoms with E-state index in [1.54, 1.807) is 24.3 Å². The number of aromatic nitrogens is 2. The predicted octanol–water partition coefficient (Wildman–Crippen LogP) is 3.22. The van der Waals surface area contributed by atoms with Crippen molar-refractivity contribution in [2.24, 2.45) is 0 Å². The zero-order valence-electron chi connectivity index (χ0n) is 13.1. The van der Waals surface area contributed by atoms with Crippen molar-refractivity contribution in [3.8, 4) is 0 Å². The van der Waals surface area contributed by atoms with E-state index in [1.807, 2.05) is 13.0 Å². The molecule has 6 nitrogen and oxygen atoms in total. The second-order valence-corrected chi connectivity index (χ2v) is 5.72. The van der Waals surface area contributed by atoms with Crippen molar-refractivity contribution < 1.29 is 9.90 Å². The molecule has 1 aromatic heterocycles. The van der Waals surface area contributed by atoms with Crippen LogP contribution in [-0.2, 0) is 0 Å². The Kier molecular flexibility index (Phi) is 4.41. The fourth-order valence-electron chi connectivity index (χ4n) is 2.77. The number of hydrogen-bond donors (Lipinski definition) is 2. The maximum Gasteiger partial charge on any atom is 0.337 e. The van der Waals surface area contributed by atoms with Crippen LogP contribution in [0.15, 0.2) is 30.3 Å². The summed E-state index contributed by atoms with van der Waals surface area (Å²) in [4.78, 5) is 22.6. The number of para-hydroxylation sites is 1. The average Bonchev–Trinajstić information content (AvgIpc) is 2.55. The van der Waals surface area contributed by atoms with Gasteiger partial charge in [-0.2, -0.15) is 4.98 Å². The highest BCUT2D eigenvalue weighted by Crippen LogP contribution is 2.23. The molecule has 0 bridgehead atoms. The average molecular weight is 312 g/mol. The van der Waals surface area contributed by atoms with Gasteiger partial charge in [0.1, 0.15) is 5.82 Å². The number of hydrogen-bond acceptors (Lipinski definition) is 5. The highest BCUT2D eigenvalue weighted by molar-refractivity contribution is 5.95. The molecule has 1 aliphatic rings. The number of anilines is 3. The van der Waals surface area contributed by atoms with Crippen LogP contribution in [0.25, 0.3) is 0 Å². The first kappa shape index (κ1) is 15.3. The quantitative estimate of drug-likeness (QED) is 0.902. The van der Waals surface area contributed by atoms with Gasteiger partial charge in [0.15, 0.2) is 0 Å². The van der Waals surface area contributed by atoms with Gasteiger partial charge in [0.25, 0.3) is 0 Å². The number of benzene rings is 1. The van der Waals surface area contributed by atoms with Crippen LogP contribution in [0.1, 0.15) is 35.3 Å². The van der Waals surface area contributed by atoms with E-state index in [1.165, 1.54) is 6.42 Å². The minimum atomic E-state index is -0.963. The van der Waals surface area contributed by atoms with Crippen molar-refractivity contribution >= 4 is 23.4 Å². The van der Waals surface area contributed by atoms with E-state index in [2.05, 4.69) is 20.2 Å². The van der Waals surface area contributed by atoms with Gasteiger partial charge in [-0.15, -0.1) is 0 Å². The third kappa shape index (κ3) is 3.59. The molecule has 3 rings (SSSR count). The standard InChI is InChI=1S/C17H20N4O2/c1-12-11-15(19-14-8-4-3-7-13(14)16(22)23)20-17(18-12)21-9-5-2-6-10-21/h3-4,7-8,11H,2,5-6,9-10H2,1H3,(H,22,23)(H,18,19,20). The van der Waals surface area contributed by atoms with E-state index in [-0.39, 0.29) is 5.56 Å². The van der Waals surface area contributed by atoms with Crippen molar-refractivity contribution in [2.75, 3.05) is 23.3 Å². The number of rotatable bonds is 4. The maximum absolute atomic E-state index is 11.3. The molecule has 1 saturated heterocycles. The van der Waals surface area contributed by atoms with Crippen LogP contribution in [0, 0.1) is 6.92 Å². The topological polar surface area (TPSA) is 78.3 Å². The summed E-state index contributed by atoms with van der Waals surface area (Å²) in [6.45, 7) is 3.85. The lowest BCUT2D eigenvalue weighted by atomic mass is 10.1. The van der Waals surface area contributed by atoms with Gasteiger partial charge in [0, 0.05) is 24.8 Å². The Morgan fingerprint density at radius 1 is 1.17 bits per heavy atom. The first-order valence-corrected chi connectivity index (χ1v) is 7.83. The summed E-state index contributed by atoms with van der Waals surface area (Å²) in [5.41, 5.74) is 1.61. The molecular formula is C17H20N4O2. The van der Waals surface area contributed by atoms with Crippen LogP contribution in [0.3, 0.4) is 0 Å². The van der Waals surface area contributed by atoms with Gasteiger partial charge in [-0.1, -0.05) is 12.1 Å². The Morgan fingerprint density at radius 3 is 2.65 bits per heavy atom. The minimum Gasteiger partial charge on any atom is -0.478 e. The van der Waals surface area contributed by atoms with Crippen LogP contribution < -0.4 is 10.2 Å². The molecule has 0 saturated carbocycles. The van der Waals surface area contributed by atoms with Crippen molar-refractivity contribution in [1.82, 2.24) is 9.97 Å². The summed E-state index contributed by atoms with van der Waals surface area (Å²) >= 11 is 0. The van der Waals surface area contributed by atoms with Crippen LogP contribution in [0.5, 0.6) is 0 Å². The number of nitrogens with one attached hydrogen (secondary N) is 1. The Balaban J connectivity index is 1.88. The van der Waals surface area contributed by atoms with Gasteiger partial charge >= 0.3 is 5.97 Å². The van der Waals surface area contributed by atoms with E-state index in [0.717, 1.165) is 31.6 Å². The third-order valence-electron chi connectivity index (χ3n) is 3.90. The van der Waals surface area contributed by atoms with Crippen LogP contribution in [0.4, 0.5) is 17.5 Å². The first-order chi connectivity index (χ1) is 11.1. The molecule has 1 fully saturated rings. The number of nitrogens with zero attached hydrogens (tertiary/aromatic N) is 3. The Hall–Kier alpha value is -2.63. The SMILES string of the molecule is Cc1cc(Nc2ccccc2C(=O)O)nc(N2CCCCC2)n1. The molecule has 1 aliphatic heterocycles. The van der Waals surface area contributed by atoms with Gasteiger partial charge in [0.05, 0.1) is 11.3 Å². The molecule has 2 heterocycles. The van der Waals surface area contributed by atoms with E-state index in [0.29, 0.717) is 17.5 Å². The molecular weight excluding hydrogens is 292 g/mol. The molecule has 0 unspecified atom stereocenters. The second kappa shape index (κ2) is 6.64. The van der Waals surface area contributed by atoms with Crippen LogP contribution in [-0.4, -0.2) is 34.1 Å². The first-order valence-electron chi connectivity index (χ1n) is 7.83. The predicted molar refractivity (Wildman–Crippen MR) is 89.5 cm³/mol. The van der Waals surface area contributed by atoms with E-state index in [9.17, 15) is 9.90 Å². The van der Waals surface area contributed by atoms with Gasteiger partial charge in [-0.25, -0.2) is 9.78 Å². The minimum absolute atomic E-state index is 0.225. The smallest absolute Gasteiger partial charge is 0.337 e. The molecule has 1 aromatic carbocycles. The fraction of sp³-hybridized carbons (Fsp3) is 0.353. The number of aromatic carboxylic acids is 1. The molecule has 2 N–H and O–H groups in total. The monoisotopic (exact) mass is 312 g/mol. The molecule has 6 heteroatoms. The highest BCUT2D eigenvalue weighted by atomic mass is 16.4. The fourth-order valence-corrected chi connectivity index (χ4v) is 2.77. The highest BCUT2D eigenvalue weighted by Gasteiger charge is 2.15. The van der Waals surface area contributed by atoms with E-state index in [4.69, 9.17) is 0 Å². The normalized spacial score (nSPS) is 14.6. The Bertz CT molecular complexity index is 711. The summed E-state index contributed by atoms with van der Waals surface area (Å²) in [5.74, 6) is 0.363. The molecule has 0 aliphatic carbocycles. The summed E-state index contributed by atoms with van der Waals surface area (Å²) in [6, 6.07) is 8.64. The summed E-state index contributed by atoms with van der Waals surface area (Å²) in [7, 11) is 0. The third-order valence-corrected chi connectivity index (χ3v) is 3.90. The van der Waals surface area contributed by atoms with E-state index >= 15 is 0 Å². The van der Waals surface area contributed by atoms with Crippen LogP contribution in [0.2, 0.25) is 0 Å². The number of carbonyl (C=O) groups is 1. The number of carboxylic acids is 1. The summed E-state index contributed by atoms with van der Waals surface area (Å²) in [6.07, 6.45) is 3.56. The Morgan fingerprint density at radius 2 is 1.91 bits per heavy atom. The van der Waals surface area contributed by atoms with Crippen molar-refractivity contribution in [1.29, 1.82) is 0 Å². The number of carboxylic acid groups (broad SMARTS) is 1. The molecule has 0 spiro atoms. The van der Waals surface area contributed by atoms with Crippen molar-refractivity contribution in [2.45, 2.75) is 26.2 Å². The summed E-state index contributed by atoms with van der Waals surface area (Å²) < 4.78 is 0. The van der Waals surface area contributed by atoms with Gasteiger partial charge in [-0.3, -0.25) is 0 Å². The van der Waals surface area contributed by atoms with Gasteiger partial charge in [0.2, 0.25) is 5.95 Å². The molecule has 23 heavy (non-hydrogen) atoms. The Labute approximate surface area is 135 Å². The largest absolute Gasteiger partial charge is 0.478 e.